The van der Waals surface area contributed by atoms with Crippen LogP contribution in [0.15, 0.2) is 18.2 Å². The summed E-state index contributed by atoms with van der Waals surface area (Å²) in [7, 11) is 2.08. The van der Waals surface area contributed by atoms with Gasteiger partial charge in [0.1, 0.15) is 0 Å². The molecular weight excluding hydrogens is 290 g/mol. The van der Waals surface area contributed by atoms with Gasteiger partial charge >= 0.3 is 0 Å². The topological polar surface area (TPSA) is 61.4 Å². The van der Waals surface area contributed by atoms with E-state index in [1.165, 1.54) is 11.3 Å². The molecule has 5 heteroatoms. The van der Waals surface area contributed by atoms with Gasteiger partial charge in [-0.15, -0.1) is 0 Å². The van der Waals surface area contributed by atoms with E-state index in [0.717, 1.165) is 18.7 Å². The Kier molecular flexibility index (Phi) is 5.29. The highest BCUT2D eigenvalue weighted by Gasteiger charge is 2.37. The van der Waals surface area contributed by atoms with Crippen LogP contribution in [0.4, 0.5) is 11.4 Å². The molecule has 0 radical (unpaired) electrons. The standard InChI is InChI=1S/C18H27N3O2/c1-5-16(22)19-10-9-18(3)12-21(4)15-8-7-13(11-14(15)18)20-17(23)6-2/h7-8,11H,5-6,9-10,12H2,1-4H3,(H,19,22)(H,20,23). The van der Waals surface area contributed by atoms with Crippen LogP contribution in [0, 0.1) is 0 Å². The fourth-order valence-electron chi connectivity index (χ4n) is 3.19. The zero-order chi connectivity index (χ0) is 17.0. The third kappa shape index (κ3) is 3.84. The first-order chi connectivity index (χ1) is 10.9. The molecule has 0 fully saturated rings. The van der Waals surface area contributed by atoms with Crippen LogP contribution in [-0.2, 0) is 15.0 Å². The van der Waals surface area contributed by atoms with Crippen molar-refractivity contribution in [1.82, 2.24) is 5.32 Å². The van der Waals surface area contributed by atoms with Crippen molar-refractivity contribution in [3.63, 3.8) is 0 Å². The molecule has 126 valence electrons. The maximum atomic E-state index is 11.6. The lowest BCUT2D eigenvalue weighted by molar-refractivity contribution is -0.120. The number of carbonyl (C=O) groups excluding carboxylic acids is 2. The zero-order valence-corrected chi connectivity index (χ0v) is 14.5. The minimum atomic E-state index is -0.0297. The number of hydrogen-bond acceptors (Lipinski definition) is 3. The van der Waals surface area contributed by atoms with Gasteiger partial charge in [0, 0.05) is 49.8 Å². The van der Waals surface area contributed by atoms with Crippen LogP contribution in [0.3, 0.4) is 0 Å². The Morgan fingerprint density at radius 3 is 2.57 bits per heavy atom. The van der Waals surface area contributed by atoms with E-state index < -0.39 is 0 Å². The molecule has 1 aromatic carbocycles. The van der Waals surface area contributed by atoms with Crippen molar-refractivity contribution in [2.24, 2.45) is 0 Å². The molecule has 2 amide bonds. The van der Waals surface area contributed by atoms with Crippen LogP contribution in [0.1, 0.15) is 45.6 Å². The minimum absolute atomic E-state index is 0.0215. The van der Waals surface area contributed by atoms with Crippen LogP contribution < -0.4 is 15.5 Å². The molecule has 0 saturated carbocycles. The molecule has 2 N–H and O–H groups in total. The molecule has 1 aliphatic heterocycles. The maximum Gasteiger partial charge on any atom is 0.224 e. The minimum Gasteiger partial charge on any atom is -0.373 e. The molecular formula is C18H27N3O2. The third-order valence-electron chi connectivity index (χ3n) is 4.57. The van der Waals surface area contributed by atoms with Crippen LogP contribution >= 0.6 is 0 Å². The van der Waals surface area contributed by atoms with Crippen molar-refractivity contribution in [2.45, 2.75) is 45.4 Å². The van der Waals surface area contributed by atoms with Gasteiger partial charge in [-0.2, -0.15) is 0 Å². The molecule has 0 bridgehead atoms. The quantitative estimate of drug-likeness (QED) is 0.848. The van der Waals surface area contributed by atoms with E-state index in [9.17, 15) is 9.59 Å². The molecule has 2 rings (SSSR count). The van der Waals surface area contributed by atoms with Crippen molar-refractivity contribution >= 4 is 23.2 Å². The monoisotopic (exact) mass is 317 g/mol. The SMILES string of the molecule is CCC(=O)NCCC1(C)CN(C)c2ccc(NC(=O)CC)cc21. The first-order valence-electron chi connectivity index (χ1n) is 8.32. The Morgan fingerprint density at radius 1 is 1.22 bits per heavy atom. The Morgan fingerprint density at radius 2 is 1.91 bits per heavy atom. The summed E-state index contributed by atoms with van der Waals surface area (Å²) in [5.74, 6) is 0.109. The molecule has 0 saturated heterocycles. The highest BCUT2D eigenvalue weighted by atomic mass is 16.2. The van der Waals surface area contributed by atoms with Crippen LogP contribution in [-0.4, -0.2) is 32.0 Å². The number of anilines is 2. The van der Waals surface area contributed by atoms with Gasteiger partial charge in [0.15, 0.2) is 0 Å². The highest BCUT2D eigenvalue weighted by molar-refractivity contribution is 5.91. The van der Waals surface area contributed by atoms with Gasteiger partial charge in [0.2, 0.25) is 11.8 Å². The predicted molar refractivity (Wildman–Crippen MR) is 93.9 cm³/mol. The highest BCUT2D eigenvalue weighted by Crippen LogP contribution is 2.43. The smallest absolute Gasteiger partial charge is 0.224 e. The molecule has 1 aliphatic rings. The van der Waals surface area contributed by atoms with Crippen LogP contribution in [0.5, 0.6) is 0 Å². The van der Waals surface area contributed by atoms with E-state index >= 15 is 0 Å². The summed E-state index contributed by atoms with van der Waals surface area (Å²) in [5, 5.41) is 5.89. The van der Waals surface area contributed by atoms with E-state index in [1.54, 1.807) is 0 Å². The first-order valence-corrected chi connectivity index (χ1v) is 8.32. The van der Waals surface area contributed by atoms with Gasteiger partial charge in [-0.3, -0.25) is 9.59 Å². The van der Waals surface area contributed by atoms with E-state index in [4.69, 9.17) is 0 Å². The fraction of sp³-hybridized carbons (Fsp3) is 0.556. The number of benzene rings is 1. The Bertz CT molecular complexity index is 600. The van der Waals surface area contributed by atoms with E-state index in [0.29, 0.717) is 19.4 Å². The Labute approximate surface area is 138 Å². The molecule has 23 heavy (non-hydrogen) atoms. The summed E-state index contributed by atoms with van der Waals surface area (Å²) in [5.41, 5.74) is 3.25. The van der Waals surface area contributed by atoms with Gasteiger partial charge in [-0.25, -0.2) is 0 Å². The van der Waals surface area contributed by atoms with Crippen molar-refractivity contribution in [2.75, 3.05) is 30.4 Å². The zero-order valence-electron chi connectivity index (χ0n) is 14.5. The molecule has 0 aliphatic carbocycles. The van der Waals surface area contributed by atoms with Crippen LogP contribution in [0.2, 0.25) is 0 Å². The predicted octanol–water partition coefficient (Wildman–Crippen LogP) is 2.66. The summed E-state index contributed by atoms with van der Waals surface area (Å²) in [6, 6.07) is 6.10. The molecule has 1 unspecified atom stereocenters. The summed E-state index contributed by atoms with van der Waals surface area (Å²) >= 11 is 0. The van der Waals surface area contributed by atoms with Crippen molar-refractivity contribution in [1.29, 1.82) is 0 Å². The van der Waals surface area contributed by atoms with E-state index in [1.807, 2.05) is 19.9 Å². The second kappa shape index (κ2) is 7.02. The summed E-state index contributed by atoms with van der Waals surface area (Å²) in [6.45, 7) is 7.51. The average molecular weight is 317 g/mol. The Balaban J connectivity index is 2.17. The molecule has 1 aromatic rings. The lowest BCUT2D eigenvalue weighted by Crippen LogP contribution is -2.34. The number of amides is 2. The normalized spacial score (nSPS) is 19.4. The van der Waals surface area contributed by atoms with Gasteiger partial charge in [-0.1, -0.05) is 20.8 Å². The first kappa shape index (κ1) is 17.3. The summed E-state index contributed by atoms with van der Waals surface area (Å²) < 4.78 is 0. The second-order valence-corrected chi connectivity index (χ2v) is 6.50. The second-order valence-electron chi connectivity index (χ2n) is 6.50. The number of nitrogens with zero attached hydrogens (tertiary/aromatic N) is 1. The molecule has 5 nitrogen and oxygen atoms in total. The molecule has 0 spiro atoms. The van der Waals surface area contributed by atoms with Gasteiger partial charge in [0.05, 0.1) is 0 Å². The van der Waals surface area contributed by atoms with Crippen molar-refractivity contribution < 1.29 is 9.59 Å². The number of fused-ring (bicyclic) bond motifs is 1. The number of rotatable bonds is 6. The molecule has 0 aromatic heterocycles. The molecule has 1 atom stereocenters. The van der Waals surface area contributed by atoms with Crippen LogP contribution in [0.25, 0.3) is 0 Å². The Hall–Kier alpha value is -2.04. The fourth-order valence-corrected chi connectivity index (χ4v) is 3.19. The van der Waals surface area contributed by atoms with Crippen molar-refractivity contribution in [3.05, 3.63) is 23.8 Å². The third-order valence-corrected chi connectivity index (χ3v) is 4.57. The lowest BCUT2D eigenvalue weighted by Gasteiger charge is -2.25. The van der Waals surface area contributed by atoms with E-state index in [-0.39, 0.29) is 17.2 Å². The number of likely N-dealkylation sites (N-methyl/N-ethyl adjacent to an activating group) is 1. The van der Waals surface area contributed by atoms with Gasteiger partial charge in [0.25, 0.3) is 0 Å². The largest absolute Gasteiger partial charge is 0.373 e. The maximum absolute atomic E-state index is 11.6. The number of nitrogens with one attached hydrogen (secondary N) is 2. The lowest BCUT2D eigenvalue weighted by atomic mass is 9.81. The van der Waals surface area contributed by atoms with E-state index in [2.05, 4.69) is 41.6 Å². The summed E-state index contributed by atoms with van der Waals surface area (Å²) in [4.78, 5) is 25.3. The van der Waals surface area contributed by atoms with Crippen molar-refractivity contribution in [3.8, 4) is 0 Å². The van der Waals surface area contributed by atoms with Gasteiger partial charge < -0.3 is 15.5 Å². The number of hydrogen-bond donors (Lipinski definition) is 2. The van der Waals surface area contributed by atoms with Gasteiger partial charge in [-0.05, 0) is 30.2 Å². The summed E-state index contributed by atoms with van der Waals surface area (Å²) in [6.07, 6.45) is 1.86. The number of carbonyl (C=O) groups is 2. The average Bonchev–Trinajstić information content (AvgIpc) is 2.78. The molecule has 1 heterocycles.